The van der Waals surface area contributed by atoms with Gasteiger partial charge in [0, 0.05) is 11.1 Å². The largest absolute Gasteiger partial charge is 0.489 e. The minimum Gasteiger partial charge on any atom is -0.489 e. The van der Waals surface area contributed by atoms with Crippen LogP contribution in [0.25, 0.3) is 17.7 Å². The molecule has 0 bridgehead atoms. The number of carbonyl (C=O) groups is 1. The van der Waals surface area contributed by atoms with Crippen molar-refractivity contribution in [3.8, 4) is 17.6 Å². The molecule has 0 unspecified atom stereocenters. The van der Waals surface area contributed by atoms with Gasteiger partial charge in [-0.15, -0.1) is 0 Å². The second-order valence-corrected chi connectivity index (χ2v) is 8.28. The van der Waals surface area contributed by atoms with Crippen molar-refractivity contribution in [3.63, 3.8) is 0 Å². The van der Waals surface area contributed by atoms with Gasteiger partial charge in [-0.05, 0) is 70.8 Å². The fourth-order valence-corrected chi connectivity index (χ4v) is 3.56. The Morgan fingerprint density at radius 1 is 0.833 bits per heavy atom. The highest BCUT2D eigenvalue weighted by molar-refractivity contribution is 6.30. The van der Waals surface area contributed by atoms with Gasteiger partial charge in [0.25, 0.3) is 0 Å². The molecule has 0 aliphatic rings. The lowest BCUT2D eigenvalue weighted by Crippen LogP contribution is -2.03. The van der Waals surface area contributed by atoms with E-state index in [1.165, 1.54) is 6.08 Å². The average Bonchev–Trinajstić information content (AvgIpc) is 2.91. The summed E-state index contributed by atoms with van der Waals surface area (Å²) in [5.74, 6) is 0.676. The Balaban J connectivity index is 1.31. The molecule has 0 saturated carbocycles. The van der Waals surface area contributed by atoms with Gasteiger partial charge in [0.2, 0.25) is 0 Å². The van der Waals surface area contributed by atoms with Crippen LogP contribution >= 0.6 is 11.6 Å². The molecule has 0 saturated heterocycles. The van der Waals surface area contributed by atoms with Gasteiger partial charge in [-0.2, -0.15) is 5.26 Å². The Labute approximate surface area is 215 Å². The molecule has 0 N–H and O–H groups in total. The minimum atomic E-state index is -0.487. The first-order valence-electron chi connectivity index (χ1n) is 11.2. The van der Waals surface area contributed by atoms with E-state index in [1.807, 2.05) is 60.7 Å². The summed E-state index contributed by atoms with van der Waals surface area (Å²) in [4.78, 5) is 12.2. The van der Waals surface area contributed by atoms with Crippen LogP contribution in [0.5, 0.6) is 11.5 Å². The topological polar surface area (TPSA) is 59.3 Å². The summed E-state index contributed by atoms with van der Waals surface area (Å²) in [5.41, 5.74) is 3.98. The zero-order valence-electron chi connectivity index (χ0n) is 19.3. The van der Waals surface area contributed by atoms with E-state index in [1.54, 1.807) is 54.6 Å². The zero-order valence-corrected chi connectivity index (χ0v) is 20.1. The van der Waals surface area contributed by atoms with Crippen molar-refractivity contribution >= 4 is 35.3 Å². The number of hydrogen-bond acceptors (Lipinski definition) is 4. The monoisotopic (exact) mass is 491 g/mol. The Morgan fingerprint density at radius 2 is 1.53 bits per heavy atom. The van der Waals surface area contributed by atoms with Crippen molar-refractivity contribution in [3.05, 3.63) is 136 Å². The Morgan fingerprint density at radius 3 is 2.22 bits per heavy atom. The number of allylic oxidation sites excluding steroid dienone is 1. The summed E-state index contributed by atoms with van der Waals surface area (Å²) in [6, 6.07) is 33.7. The Kier molecular flexibility index (Phi) is 8.32. The van der Waals surface area contributed by atoms with Crippen LogP contribution in [0.4, 0.5) is 0 Å². The van der Waals surface area contributed by atoms with E-state index in [2.05, 4.69) is 6.07 Å². The van der Waals surface area contributed by atoms with E-state index in [0.29, 0.717) is 23.0 Å². The van der Waals surface area contributed by atoms with Crippen molar-refractivity contribution < 1.29 is 14.3 Å². The molecule has 4 rings (SSSR count). The van der Waals surface area contributed by atoms with Crippen LogP contribution < -0.4 is 9.47 Å². The van der Waals surface area contributed by atoms with Crippen LogP contribution in [0.15, 0.2) is 109 Å². The molecule has 0 atom stereocenters. The second-order valence-electron chi connectivity index (χ2n) is 7.85. The molecule has 0 spiro atoms. The number of esters is 1. The van der Waals surface area contributed by atoms with E-state index in [4.69, 9.17) is 21.1 Å². The van der Waals surface area contributed by atoms with Crippen molar-refractivity contribution in [2.45, 2.75) is 6.61 Å². The standard InChI is InChI=1S/C31H22ClNO3/c32-28-8-4-7-26(20-28)27(21-33)19-24-11-16-30(17-12-24)36-31(34)18-13-23-9-14-29(15-10-23)35-22-25-5-2-1-3-6-25/h1-20H,22H2/b18-13+,27-19-. The lowest BCUT2D eigenvalue weighted by Gasteiger charge is -2.06. The van der Waals surface area contributed by atoms with Crippen molar-refractivity contribution in [1.29, 1.82) is 5.26 Å². The highest BCUT2D eigenvalue weighted by Gasteiger charge is 2.04. The molecule has 4 nitrogen and oxygen atoms in total. The predicted octanol–water partition coefficient (Wildman–Crippen LogP) is 7.60. The molecule has 4 aromatic carbocycles. The number of benzene rings is 4. The fraction of sp³-hybridized carbons (Fsp3) is 0.0323. The van der Waals surface area contributed by atoms with Gasteiger partial charge >= 0.3 is 5.97 Å². The number of halogens is 1. The van der Waals surface area contributed by atoms with Gasteiger partial charge in [-0.1, -0.05) is 78.3 Å². The van der Waals surface area contributed by atoms with E-state index >= 15 is 0 Å². The molecule has 5 heteroatoms. The number of nitrogens with zero attached hydrogens (tertiary/aromatic N) is 1. The average molecular weight is 492 g/mol. The first kappa shape index (κ1) is 24.5. The number of hydrogen-bond donors (Lipinski definition) is 0. The quantitative estimate of drug-likeness (QED) is 0.0836. The van der Waals surface area contributed by atoms with Crippen LogP contribution in [-0.4, -0.2) is 5.97 Å². The van der Waals surface area contributed by atoms with E-state index in [9.17, 15) is 10.1 Å². The van der Waals surface area contributed by atoms with Crippen molar-refractivity contribution in [2.24, 2.45) is 0 Å². The smallest absolute Gasteiger partial charge is 0.336 e. The maximum atomic E-state index is 12.2. The van der Waals surface area contributed by atoms with Gasteiger partial charge in [0.15, 0.2) is 0 Å². The lowest BCUT2D eigenvalue weighted by atomic mass is 10.0. The summed E-state index contributed by atoms with van der Waals surface area (Å²) in [5, 5.41) is 10.1. The third kappa shape index (κ3) is 7.20. The molecule has 0 aliphatic heterocycles. The second kappa shape index (κ2) is 12.2. The highest BCUT2D eigenvalue weighted by Crippen LogP contribution is 2.22. The lowest BCUT2D eigenvalue weighted by molar-refractivity contribution is -0.128. The van der Waals surface area contributed by atoms with Gasteiger partial charge < -0.3 is 9.47 Å². The molecule has 4 aromatic rings. The normalized spacial score (nSPS) is 11.2. The van der Waals surface area contributed by atoms with Crippen LogP contribution in [0.3, 0.4) is 0 Å². The molecule has 0 aliphatic carbocycles. The molecule has 36 heavy (non-hydrogen) atoms. The molecular formula is C31H22ClNO3. The van der Waals surface area contributed by atoms with Crippen molar-refractivity contribution in [2.75, 3.05) is 0 Å². The molecule has 0 amide bonds. The van der Waals surface area contributed by atoms with Crippen LogP contribution in [-0.2, 0) is 11.4 Å². The summed E-state index contributed by atoms with van der Waals surface area (Å²) < 4.78 is 11.2. The zero-order chi connectivity index (χ0) is 25.2. The molecule has 0 heterocycles. The molecule has 0 aromatic heterocycles. The third-order valence-corrected chi connectivity index (χ3v) is 5.44. The van der Waals surface area contributed by atoms with Crippen LogP contribution in [0.2, 0.25) is 5.02 Å². The number of carbonyl (C=O) groups excluding carboxylic acids is 1. The summed E-state index contributed by atoms with van der Waals surface area (Å²) in [6.07, 6.45) is 4.82. The summed E-state index contributed by atoms with van der Waals surface area (Å²) >= 11 is 6.03. The highest BCUT2D eigenvalue weighted by atomic mass is 35.5. The fourth-order valence-electron chi connectivity index (χ4n) is 3.37. The van der Waals surface area contributed by atoms with Crippen LogP contribution in [0.1, 0.15) is 22.3 Å². The van der Waals surface area contributed by atoms with Crippen molar-refractivity contribution in [1.82, 2.24) is 0 Å². The third-order valence-electron chi connectivity index (χ3n) is 5.21. The number of nitriles is 1. The molecule has 176 valence electrons. The molecular weight excluding hydrogens is 470 g/mol. The predicted molar refractivity (Wildman–Crippen MR) is 143 cm³/mol. The molecule has 0 radical (unpaired) electrons. The SMILES string of the molecule is N#C/C(=C/c1ccc(OC(=O)/C=C/c2ccc(OCc3ccccc3)cc2)cc1)c1cccc(Cl)c1. The first-order chi connectivity index (χ1) is 17.6. The number of rotatable bonds is 8. The van der Waals surface area contributed by atoms with E-state index in [-0.39, 0.29) is 0 Å². The summed E-state index contributed by atoms with van der Waals surface area (Å²) in [6.45, 7) is 0.495. The van der Waals surface area contributed by atoms with E-state index < -0.39 is 5.97 Å². The Bertz CT molecular complexity index is 1420. The van der Waals surface area contributed by atoms with Gasteiger partial charge in [0.05, 0.1) is 11.6 Å². The summed E-state index contributed by atoms with van der Waals surface area (Å²) in [7, 11) is 0. The first-order valence-corrected chi connectivity index (χ1v) is 11.6. The van der Waals surface area contributed by atoms with Crippen LogP contribution in [0, 0.1) is 11.3 Å². The molecule has 0 fully saturated rings. The van der Waals surface area contributed by atoms with Gasteiger partial charge in [0.1, 0.15) is 18.1 Å². The van der Waals surface area contributed by atoms with Gasteiger partial charge in [-0.3, -0.25) is 0 Å². The Hall–Kier alpha value is -4.59. The number of ether oxygens (including phenoxy) is 2. The van der Waals surface area contributed by atoms with E-state index in [0.717, 1.165) is 28.0 Å². The maximum Gasteiger partial charge on any atom is 0.336 e. The minimum absolute atomic E-state index is 0.410. The maximum absolute atomic E-state index is 12.2. The van der Waals surface area contributed by atoms with Gasteiger partial charge in [-0.25, -0.2) is 4.79 Å².